The zero-order valence-corrected chi connectivity index (χ0v) is 10.2. The molecule has 1 aliphatic rings. The van der Waals surface area contributed by atoms with E-state index >= 15 is 0 Å². The summed E-state index contributed by atoms with van der Waals surface area (Å²) in [5, 5.41) is 8.78. The lowest BCUT2D eigenvalue weighted by atomic mass is 10.1. The van der Waals surface area contributed by atoms with Crippen LogP contribution in [0.15, 0.2) is 0 Å². The van der Waals surface area contributed by atoms with Gasteiger partial charge in [-0.1, -0.05) is 6.92 Å². The van der Waals surface area contributed by atoms with Crippen LogP contribution in [-0.2, 0) is 14.8 Å². The van der Waals surface area contributed by atoms with Crippen molar-refractivity contribution in [3.63, 3.8) is 0 Å². The highest BCUT2D eigenvalue weighted by Gasteiger charge is 2.30. The number of nitrogens with zero attached hydrogens (tertiary/aromatic N) is 1. The second-order valence-corrected chi connectivity index (χ2v) is 5.82. The summed E-state index contributed by atoms with van der Waals surface area (Å²) in [7, 11) is -3.29. The molecule has 1 atom stereocenters. The minimum atomic E-state index is -3.29. The molecule has 1 heterocycles. The summed E-state index contributed by atoms with van der Waals surface area (Å²) in [6.45, 7) is 3.17. The van der Waals surface area contributed by atoms with E-state index in [9.17, 15) is 13.2 Å². The Morgan fingerprint density at radius 3 is 2.75 bits per heavy atom. The molecule has 0 aromatic carbocycles. The van der Waals surface area contributed by atoms with Crippen LogP contribution < -0.4 is 4.72 Å². The number of aliphatic carboxylic acids is 1. The first kappa shape index (κ1) is 13.4. The fourth-order valence-electron chi connectivity index (χ4n) is 1.70. The molecule has 2 N–H and O–H groups in total. The Morgan fingerprint density at radius 1 is 1.56 bits per heavy atom. The third-order valence-corrected chi connectivity index (χ3v) is 3.90. The molecule has 16 heavy (non-hydrogen) atoms. The Balaban J connectivity index is 2.41. The molecular weight excluding hydrogens is 232 g/mol. The molecule has 0 bridgehead atoms. The van der Waals surface area contributed by atoms with E-state index in [1.807, 2.05) is 6.92 Å². The highest BCUT2D eigenvalue weighted by molar-refractivity contribution is 7.89. The van der Waals surface area contributed by atoms with Gasteiger partial charge < -0.3 is 5.11 Å². The van der Waals surface area contributed by atoms with Gasteiger partial charge in [0.05, 0.1) is 5.92 Å². The number of hydrogen-bond acceptors (Lipinski definition) is 4. The molecule has 1 rings (SSSR count). The van der Waals surface area contributed by atoms with Gasteiger partial charge in [0.1, 0.15) is 5.88 Å². The first-order valence-corrected chi connectivity index (χ1v) is 7.02. The molecule has 7 heteroatoms. The fraction of sp³-hybridized carbons (Fsp3) is 0.889. The zero-order chi connectivity index (χ0) is 12.2. The average Bonchev–Trinajstić information content (AvgIpc) is 2.62. The van der Waals surface area contributed by atoms with Crippen LogP contribution in [0.1, 0.15) is 19.8 Å². The smallest absolute Gasteiger partial charge is 0.307 e. The fourth-order valence-corrected chi connectivity index (χ4v) is 3.02. The Kier molecular flexibility index (Phi) is 4.69. The molecule has 0 radical (unpaired) electrons. The van der Waals surface area contributed by atoms with E-state index in [0.717, 1.165) is 6.42 Å². The Morgan fingerprint density at radius 2 is 2.25 bits per heavy atom. The van der Waals surface area contributed by atoms with Crippen LogP contribution in [0, 0.1) is 5.92 Å². The van der Waals surface area contributed by atoms with Crippen LogP contribution in [-0.4, -0.2) is 49.9 Å². The van der Waals surface area contributed by atoms with Gasteiger partial charge in [-0.3, -0.25) is 9.69 Å². The third kappa shape index (κ3) is 4.07. The minimum Gasteiger partial charge on any atom is -0.481 e. The van der Waals surface area contributed by atoms with Gasteiger partial charge in [0, 0.05) is 19.6 Å². The van der Waals surface area contributed by atoms with Crippen LogP contribution in [0.5, 0.6) is 0 Å². The van der Waals surface area contributed by atoms with Gasteiger partial charge in [-0.05, 0) is 12.8 Å². The Hall–Kier alpha value is -0.660. The van der Waals surface area contributed by atoms with E-state index in [2.05, 4.69) is 4.72 Å². The molecular formula is C9H18N2O4S. The summed E-state index contributed by atoms with van der Waals surface area (Å²) >= 11 is 0. The number of carboxylic acid groups (broad SMARTS) is 1. The van der Waals surface area contributed by atoms with E-state index in [4.69, 9.17) is 5.11 Å². The van der Waals surface area contributed by atoms with E-state index in [1.165, 1.54) is 0 Å². The van der Waals surface area contributed by atoms with Crippen LogP contribution >= 0.6 is 0 Å². The van der Waals surface area contributed by atoms with Crippen molar-refractivity contribution < 1.29 is 18.3 Å². The van der Waals surface area contributed by atoms with Crippen LogP contribution in [0.3, 0.4) is 0 Å². The molecule has 1 unspecified atom stereocenters. The topological polar surface area (TPSA) is 86.7 Å². The number of hydrogen-bond donors (Lipinski definition) is 2. The van der Waals surface area contributed by atoms with E-state index in [0.29, 0.717) is 26.1 Å². The predicted molar refractivity (Wildman–Crippen MR) is 59.4 cm³/mol. The summed E-state index contributed by atoms with van der Waals surface area (Å²) in [4.78, 5) is 12.4. The van der Waals surface area contributed by atoms with Crippen molar-refractivity contribution >= 4 is 16.0 Å². The maximum Gasteiger partial charge on any atom is 0.307 e. The largest absolute Gasteiger partial charge is 0.481 e. The first-order valence-electron chi connectivity index (χ1n) is 5.37. The molecule has 1 aliphatic heterocycles. The maximum absolute atomic E-state index is 11.5. The summed E-state index contributed by atoms with van der Waals surface area (Å²) < 4.78 is 25.5. The molecule has 1 saturated heterocycles. The molecule has 0 saturated carbocycles. The number of rotatable bonds is 6. The highest BCUT2D eigenvalue weighted by Crippen LogP contribution is 2.16. The molecule has 0 spiro atoms. The van der Waals surface area contributed by atoms with Gasteiger partial charge in [0.25, 0.3) is 0 Å². The number of likely N-dealkylation sites (tertiary alicyclic amines) is 1. The average molecular weight is 250 g/mol. The van der Waals surface area contributed by atoms with Gasteiger partial charge in [-0.15, -0.1) is 0 Å². The summed E-state index contributed by atoms with van der Waals surface area (Å²) in [6, 6.07) is 0. The van der Waals surface area contributed by atoms with Gasteiger partial charge in [-0.25, -0.2) is 13.1 Å². The Labute approximate surface area is 95.7 Å². The van der Waals surface area contributed by atoms with Gasteiger partial charge in [0.15, 0.2) is 0 Å². The quantitative estimate of drug-likeness (QED) is 0.674. The summed E-state index contributed by atoms with van der Waals surface area (Å²) in [5.74, 6) is -1.38. The first-order chi connectivity index (χ1) is 7.44. The lowest BCUT2D eigenvalue weighted by Crippen LogP contribution is -2.36. The molecule has 0 aliphatic carbocycles. The molecule has 6 nitrogen and oxygen atoms in total. The van der Waals surface area contributed by atoms with Crippen LogP contribution in [0.4, 0.5) is 0 Å². The number of sulfonamides is 1. The molecule has 94 valence electrons. The van der Waals surface area contributed by atoms with Crippen molar-refractivity contribution in [2.24, 2.45) is 5.92 Å². The third-order valence-electron chi connectivity index (χ3n) is 2.55. The van der Waals surface area contributed by atoms with Crippen molar-refractivity contribution in [2.45, 2.75) is 19.8 Å². The standard InChI is InChI=1S/C9H18N2O4S/c1-2-4-10-16(14,15)7-11-5-3-8(6-11)9(12)13/h8,10H,2-7H2,1H3,(H,12,13). The number of nitrogens with one attached hydrogen (secondary N) is 1. The molecule has 1 fully saturated rings. The molecule has 0 aromatic rings. The zero-order valence-electron chi connectivity index (χ0n) is 9.35. The van der Waals surface area contributed by atoms with Gasteiger partial charge in [-0.2, -0.15) is 0 Å². The monoisotopic (exact) mass is 250 g/mol. The summed E-state index contributed by atoms with van der Waals surface area (Å²) in [6.07, 6.45) is 1.27. The van der Waals surface area contributed by atoms with Gasteiger partial charge >= 0.3 is 5.97 Å². The number of carbonyl (C=O) groups is 1. The van der Waals surface area contributed by atoms with Crippen molar-refractivity contribution in [3.8, 4) is 0 Å². The highest BCUT2D eigenvalue weighted by atomic mass is 32.2. The van der Waals surface area contributed by atoms with Crippen LogP contribution in [0.2, 0.25) is 0 Å². The normalized spacial score (nSPS) is 22.4. The minimum absolute atomic E-state index is 0.100. The van der Waals surface area contributed by atoms with Crippen molar-refractivity contribution in [3.05, 3.63) is 0 Å². The van der Waals surface area contributed by atoms with Gasteiger partial charge in [0.2, 0.25) is 10.0 Å². The lowest BCUT2D eigenvalue weighted by molar-refractivity contribution is -0.141. The molecule has 0 amide bonds. The second-order valence-electron chi connectivity index (χ2n) is 4.04. The lowest BCUT2D eigenvalue weighted by Gasteiger charge is -2.15. The van der Waals surface area contributed by atoms with E-state index < -0.39 is 21.9 Å². The second kappa shape index (κ2) is 5.60. The SMILES string of the molecule is CCCNS(=O)(=O)CN1CCC(C(=O)O)C1. The summed E-state index contributed by atoms with van der Waals surface area (Å²) in [5.41, 5.74) is 0. The Bertz CT molecular complexity index is 341. The molecule has 0 aromatic heterocycles. The predicted octanol–water partition coefficient (Wildman–Crippen LogP) is -0.320. The van der Waals surface area contributed by atoms with E-state index in [1.54, 1.807) is 4.90 Å². The van der Waals surface area contributed by atoms with Crippen molar-refractivity contribution in [1.29, 1.82) is 0 Å². The van der Waals surface area contributed by atoms with E-state index in [-0.39, 0.29) is 5.88 Å². The maximum atomic E-state index is 11.5. The van der Waals surface area contributed by atoms with Crippen LogP contribution in [0.25, 0.3) is 0 Å². The van der Waals surface area contributed by atoms with Crippen molar-refractivity contribution in [1.82, 2.24) is 9.62 Å². The van der Waals surface area contributed by atoms with Crippen molar-refractivity contribution in [2.75, 3.05) is 25.5 Å². The number of carboxylic acids is 1.